The molecule has 1 atom stereocenters. The minimum atomic E-state index is -0.576. The molecule has 2 rings (SSSR count). The van der Waals surface area contributed by atoms with Gasteiger partial charge in [0.2, 0.25) is 0 Å². The summed E-state index contributed by atoms with van der Waals surface area (Å²) in [6.07, 6.45) is 1.96. The highest BCUT2D eigenvalue weighted by Gasteiger charge is 2.32. The lowest BCUT2D eigenvalue weighted by atomic mass is 9.95. The summed E-state index contributed by atoms with van der Waals surface area (Å²) in [4.78, 5) is 25.1. The van der Waals surface area contributed by atoms with E-state index in [9.17, 15) is 9.59 Å². The zero-order valence-electron chi connectivity index (χ0n) is 13.6. The van der Waals surface area contributed by atoms with Gasteiger partial charge >= 0.3 is 12.0 Å². The van der Waals surface area contributed by atoms with Crippen LogP contribution in [0.25, 0.3) is 0 Å². The molecule has 0 radical (unpaired) electrons. The van der Waals surface area contributed by atoms with Crippen LogP contribution in [0, 0.1) is 0 Å². The van der Waals surface area contributed by atoms with E-state index in [2.05, 4.69) is 10.6 Å². The van der Waals surface area contributed by atoms with Crippen molar-refractivity contribution in [1.29, 1.82) is 0 Å². The Labute approximate surface area is 139 Å². The Morgan fingerprint density at radius 3 is 2.74 bits per heavy atom. The third-order valence-corrected chi connectivity index (χ3v) is 4.28. The van der Waals surface area contributed by atoms with Gasteiger partial charge in [-0.3, -0.25) is 0 Å². The van der Waals surface area contributed by atoms with Crippen LogP contribution >= 0.6 is 11.8 Å². The normalized spacial score (nSPS) is 17.4. The molecule has 1 aromatic rings. The molecule has 7 heteroatoms. The summed E-state index contributed by atoms with van der Waals surface area (Å²) < 4.78 is 10.5. The molecule has 6 nitrogen and oxygen atoms in total. The molecule has 1 heterocycles. The highest BCUT2D eigenvalue weighted by molar-refractivity contribution is 7.98. The maximum Gasteiger partial charge on any atom is 0.338 e. The topological polar surface area (TPSA) is 76.7 Å². The van der Waals surface area contributed by atoms with E-state index in [0.29, 0.717) is 17.0 Å². The van der Waals surface area contributed by atoms with Gasteiger partial charge < -0.3 is 20.1 Å². The zero-order valence-corrected chi connectivity index (χ0v) is 14.4. The van der Waals surface area contributed by atoms with Crippen molar-refractivity contribution in [3.63, 3.8) is 0 Å². The van der Waals surface area contributed by atoms with E-state index in [1.165, 1.54) is 0 Å². The zero-order chi connectivity index (χ0) is 17.0. The number of benzene rings is 1. The minimum absolute atomic E-state index is 0.269. The van der Waals surface area contributed by atoms with Crippen LogP contribution in [0.3, 0.4) is 0 Å². The molecule has 0 fully saturated rings. The summed E-state index contributed by atoms with van der Waals surface area (Å²) in [6, 6.07) is 4.68. The minimum Gasteiger partial charge on any atom is -0.496 e. The average molecular weight is 336 g/mol. The summed E-state index contributed by atoms with van der Waals surface area (Å²) in [7, 11) is 1.59. The van der Waals surface area contributed by atoms with Crippen molar-refractivity contribution in [2.45, 2.75) is 24.8 Å². The standard InChI is InChI=1S/C16H20N2O4S/c1-5-22-15(19)13-9(2)17-16(20)18-14(13)10-6-7-12(23-4)11(8-10)21-3/h6-8,14H,5H2,1-4H3,(H2,17,18,20)/t14-/m0/s1. The van der Waals surface area contributed by atoms with E-state index in [1.54, 1.807) is 32.7 Å². The molecule has 2 N–H and O–H groups in total. The molecule has 0 saturated carbocycles. The van der Waals surface area contributed by atoms with Crippen LogP contribution in [0.5, 0.6) is 5.75 Å². The summed E-state index contributed by atoms with van der Waals surface area (Å²) in [5.41, 5.74) is 1.65. The highest BCUT2D eigenvalue weighted by atomic mass is 32.2. The Bertz CT molecular complexity index is 657. The number of hydrogen-bond acceptors (Lipinski definition) is 5. The second-order valence-electron chi connectivity index (χ2n) is 4.91. The monoisotopic (exact) mass is 336 g/mol. The Morgan fingerprint density at radius 2 is 2.13 bits per heavy atom. The molecule has 0 aliphatic carbocycles. The number of hydrogen-bond donors (Lipinski definition) is 2. The van der Waals surface area contributed by atoms with Gasteiger partial charge in [0, 0.05) is 10.6 Å². The first kappa shape index (κ1) is 17.2. The number of amides is 2. The number of nitrogens with one attached hydrogen (secondary N) is 2. The van der Waals surface area contributed by atoms with Crippen molar-refractivity contribution in [2.24, 2.45) is 0 Å². The Kier molecular flexibility index (Phi) is 5.54. The van der Waals surface area contributed by atoms with Crippen LogP contribution in [-0.2, 0) is 9.53 Å². The van der Waals surface area contributed by atoms with Crippen molar-refractivity contribution in [3.05, 3.63) is 35.0 Å². The molecular formula is C16H20N2O4S. The first-order valence-electron chi connectivity index (χ1n) is 7.19. The molecule has 1 aliphatic rings. The highest BCUT2D eigenvalue weighted by Crippen LogP contribution is 2.34. The lowest BCUT2D eigenvalue weighted by molar-refractivity contribution is -0.139. The lowest BCUT2D eigenvalue weighted by Crippen LogP contribution is -2.45. The number of allylic oxidation sites excluding steroid dienone is 1. The Balaban J connectivity index is 2.47. The van der Waals surface area contributed by atoms with E-state index >= 15 is 0 Å². The van der Waals surface area contributed by atoms with Gasteiger partial charge in [0.15, 0.2) is 0 Å². The van der Waals surface area contributed by atoms with Gasteiger partial charge in [0.1, 0.15) is 5.75 Å². The Hall–Kier alpha value is -2.15. The third-order valence-electron chi connectivity index (χ3n) is 3.51. The Morgan fingerprint density at radius 1 is 1.39 bits per heavy atom. The molecule has 0 unspecified atom stereocenters. The molecular weight excluding hydrogens is 316 g/mol. The second-order valence-corrected chi connectivity index (χ2v) is 5.75. The molecule has 23 heavy (non-hydrogen) atoms. The van der Waals surface area contributed by atoms with Crippen molar-refractivity contribution in [1.82, 2.24) is 10.6 Å². The average Bonchev–Trinajstić information content (AvgIpc) is 2.53. The van der Waals surface area contributed by atoms with Gasteiger partial charge in [0.05, 0.1) is 25.3 Å². The van der Waals surface area contributed by atoms with Crippen LogP contribution in [0.4, 0.5) is 4.79 Å². The van der Waals surface area contributed by atoms with Crippen molar-refractivity contribution >= 4 is 23.8 Å². The van der Waals surface area contributed by atoms with Crippen LogP contribution < -0.4 is 15.4 Å². The number of esters is 1. The van der Waals surface area contributed by atoms with E-state index in [0.717, 1.165) is 10.5 Å². The largest absolute Gasteiger partial charge is 0.496 e. The van der Waals surface area contributed by atoms with Crippen molar-refractivity contribution in [2.75, 3.05) is 20.0 Å². The van der Waals surface area contributed by atoms with Gasteiger partial charge in [-0.1, -0.05) is 6.07 Å². The molecule has 1 aromatic carbocycles. The van der Waals surface area contributed by atoms with E-state index in [-0.39, 0.29) is 12.6 Å². The number of carbonyl (C=O) groups is 2. The smallest absolute Gasteiger partial charge is 0.338 e. The fourth-order valence-electron chi connectivity index (χ4n) is 2.46. The lowest BCUT2D eigenvalue weighted by Gasteiger charge is -2.28. The summed E-state index contributed by atoms with van der Waals surface area (Å²) in [6.45, 7) is 3.70. The van der Waals surface area contributed by atoms with Crippen LogP contribution in [0.2, 0.25) is 0 Å². The molecule has 0 saturated heterocycles. The van der Waals surface area contributed by atoms with Gasteiger partial charge in [-0.15, -0.1) is 11.8 Å². The number of ether oxygens (including phenoxy) is 2. The predicted octanol–water partition coefficient (Wildman–Crippen LogP) is 2.61. The third kappa shape index (κ3) is 3.61. The maximum atomic E-state index is 12.3. The van der Waals surface area contributed by atoms with E-state index in [4.69, 9.17) is 9.47 Å². The summed E-state index contributed by atoms with van der Waals surface area (Å²) in [5, 5.41) is 5.38. The number of rotatable bonds is 5. The van der Waals surface area contributed by atoms with Gasteiger partial charge in [-0.25, -0.2) is 9.59 Å². The second kappa shape index (κ2) is 7.41. The molecule has 0 aromatic heterocycles. The SMILES string of the molecule is CCOC(=O)C1=C(C)NC(=O)N[C@H]1c1ccc(SC)c(OC)c1. The summed E-state index contributed by atoms with van der Waals surface area (Å²) >= 11 is 1.56. The molecule has 1 aliphatic heterocycles. The first-order valence-corrected chi connectivity index (χ1v) is 8.41. The molecule has 0 bridgehead atoms. The number of methoxy groups -OCH3 is 1. The fourth-order valence-corrected chi connectivity index (χ4v) is 3.00. The van der Waals surface area contributed by atoms with Crippen molar-refractivity contribution in [3.8, 4) is 5.75 Å². The van der Waals surface area contributed by atoms with Gasteiger partial charge in [0.25, 0.3) is 0 Å². The number of carbonyl (C=O) groups excluding carboxylic acids is 2. The number of urea groups is 1. The van der Waals surface area contributed by atoms with E-state index < -0.39 is 12.0 Å². The van der Waals surface area contributed by atoms with Gasteiger partial charge in [-0.05, 0) is 37.8 Å². The fraction of sp³-hybridized carbons (Fsp3) is 0.375. The van der Waals surface area contributed by atoms with Crippen LogP contribution in [-0.4, -0.2) is 32.0 Å². The van der Waals surface area contributed by atoms with Crippen molar-refractivity contribution < 1.29 is 19.1 Å². The number of thioether (sulfide) groups is 1. The van der Waals surface area contributed by atoms with Gasteiger partial charge in [-0.2, -0.15) is 0 Å². The predicted molar refractivity (Wildman–Crippen MR) is 88.5 cm³/mol. The van der Waals surface area contributed by atoms with Crippen LogP contribution in [0.1, 0.15) is 25.5 Å². The molecule has 2 amide bonds. The quantitative estimate of drug-likeness (QED) is 0.638. The van der Waals surface area contributed by atoms with Crippen LogP contribution in [0.15, 0.2) is 34.4 Å². The molecule has 0 spiro atoms. The first-order chi connectivity index (χ1) is 11.0. The maximum absolute atomic E-state index is 12.3. The molecule has 124 valence electrons. The summed E-state index contributed by atoms with van der Waals surface area (Å²) in [5.74, 6) is 0.249. The van der Waals surface area contributed by atoms with E-state index in [1.807, 2.05) is 24.5 Å².